The van der Waals surface area contributed by atoms with Gasteiger partial charge in [0.15, 0.2) is 6.61 Å². The predicted molar refractivity (Wildman–Crippen MR) is 148 cm³/mol. The van der Waals surface area contributed by atoms with Crippen molar-refractivity contribution in [3.8, 4) is 6.07 Å². The number of benzene rings is 2. The van der Waals surface area contributed by atoms with Crippen LogP contribution >= 0.6 is 11.3 Å². The zero-order chi connectivity index (χ0) is 26.1. The minimum atomic E-state index is -0.506. The van der Waals surface area contributed by atoms with E-state index in [0.717, 1.165) is 77.5 Å². The van der Waals surface area contributed by atoms with Crippen molar-refractivity contribution in [2.24, 2.45) is 0 Å². The van der Waals surface area contributed by atoms with Crippen LogP contribution in [-0.2, 0) is 35.2 Å². The van der Waals surface area contributed by atoms with Crippen molar-refractivity contribution in [2.45, 2.75) is 50.9 Å². The molecule has 0 fully saturated rings. The molecule has 4 aromatic rings. The molecule has 0 spiro atoms. The predicted octanol–water partition coefficient (Wildman–Crippen LogP) is 6.11. The lowest BCUT2D eigenvalue weighted by Gasteiger charge is -2.22. The normalized spacial score (nSPS) is 16.2. The third kappa shape index (κ3) is 4.57. The summed E-state index contributed by atoms with van der Waals surface area (Å²) in [6, 6.07) is 20.3. The molecule has 1 atom stereocenters. The molecule has 1 N–H and O–H groups in total. The number of pyridine rings is 1. The van der Waals surface area contributed by atoms with Crippen LogP contribution in [0.3, 0.4) is 0 Å². The van der Waals surface area contributed by atoms with E-state index in [1.807, 2.05) is 30.3 Å². The minimum absolute atomic E-state index is 0.402. The van der Waals surface area contributed by atoms with Crippen molar-refractivity contribution >= 4 is 39.1 Å². The number of ether oxygens (including phenoxy) is 1. The summed E-state index contributed by atoms with van der Waals surface area (Å²) in [5.41, 5.74) is 6.04. The molecule has 0 radical (unpaired) electrons. The van der Waals surface area contributed by atoms with Gasteiger partial charge in [-0.25, -0.2) is 4.79 Å². The minimum Gasteiger partial charge on any atom is -0.452 e. The van der Waals surface area contributed by atoms with Crippen molar-refractivity contribution < 1.29 is 14.3 Å². The zero-order valence-corrected chi connectivity index (χ0v) is 21.8. The fraction of sp³-hybridized carbons (Fsp3) is 0.290. The summed E-state index contributed by atoms with van der Waals surface area (Å²) in [4.78, 5) is 32.0. The van der Waals surface area contributed by atoms with E-state index in [-0.39, 0.29) is 0 Å². The molecule has 2 heterocycles. The molecule has 2 aliphatic rings. The number of aromatic nitrogens is 1. The van der Waals surface area contributed by atoms with Crippen LogP contribution in [0.4, 0.5) is 5.00 Å². The summed E-state index contributed by atoms with van der Waals surface area (Å²) in [6.07, 6.45) is 6.29. The van der Waals surface area contributed by atoms with Crippen LogP contribution in [0.2, 0.25) is 0 Å². The fourth-order valence-corrected chi connectivity index (χ4v) is 7.07. The van der Waals surface area contributed by atoms with Crippen LogP contribution in [0.15, 0.2) is 54.6 Å². The molecule has 6 rings (SSSR count). The molecule has 0 aliphatic heterocycles. The Balaban J connectivity index is 1.18. The van der Waals surface area contributed by atoms with Crippen LogP contribution in [0.1, 0.15) is 68.4 Å². The van der Waals surface area contributed by atoms with Gasteiger partial charge in [0.1, 0.15) is 11.1 Å². The highest BCUT2D eigenvalue weighted by atomic mass is 32.1. The summed E-state index contributed by atoms with van der Waals surface area (Å²) >= 11 is 1.46. The van der Waals surface area contributed by atoms with Gasteiger partial charge < -0.3 is 10.1 Å². The molecular formula is C31H27N3O3S. The van der Waals surface area contributed by atoms with Gasteiger partial charge >= 0.3 is 5.97 Å². The third-order valence-electron chi connectivity index (χ3n) is 7.61. The molecule has 38 heavy (non-hydrogen) atoms. The summed E-state index contributed by atoms with van der Waals surface area (Å²) in [6.45, 7) is -0.412. The van der Waals surface area contributed by atoms with E-state index in [1.54, 1.807) is 0 Å². The van der Waals surface area contributed by atoms with Gasteiger partial charge in [0, 0.05) is 16.0 Å². The number of thiophene rings is 1. The number of nitrogens with zero attached hydrogens (tertiary/aromatic N) is 2. The fourth-order valence-electron chi connectivity index (χ4n) is 5.77. The first-order chi connectivity index (χ1) is 18.6. The molecule has 190 valence electrons. The molecule has 1 amide bonds. The van der Waals surface area contributed by atoms with Gasteiger partial charge in [0.05, 0.1) is 16.6 Å². The number of fused-ring (bicyclic) bond motifs is 3. The Bertz CT molecular complexity index is 1590. The Kier molecular flexibility index (Phi) is 6.65. The van der Waals surface area contributed by atoms with Crippen LogP contribution in [-0.4, -0.2) is 23.5 Å². The summed E-state index contributed by atoms with van der Waals surface area (Å²) in [5, 5.41) is 14.0. The van der Waals surface area contributed by atoms with Gasteiger partial charge in [0.2, 0.25) is 0 Å². The number of anilines is 1. The Morgan fingerprint density at radius 1 is 1.03 bits per heavy atom. The second-order valence-electron chi connectivity index (χ2n) is 9.93. The van der Waals surface area contributed by atoms with E-state index in [0.29, 0.717) is 22.0 Å². The Morgan fingerprint density at radius 2 is 1.82 bits per heavy atom. The molecule has 0 bridgehead atoms. The van der Waals surface area contributed by atoms with Crippen molar-refractivity contribution in [3.05, 3.63) is 93.0 Å². The third-order valence-corrected chi connectivity index (χ3v) is 8.78. The number of carbonyl (C=O) groups is 2. The summed E-state index contributed by atoms with van der Waals surface area (Å²) < 4.78 is 5.53. The lowest BCUT2D eigenvalue weighted by Crippen LogP contribution is -2.22. The highest BCUT2D eigenvalue weighted by Crippen LogP contribution is 2.42. The Morgan fingerprint density at radius 3 is 2.66 bits per heavy atom. The quantitative estimate of drug-likeness (QED) is 0.320. The topological polar surface area (TPSA) is 92.1 Å². The number of hydrogen-bond donors (Lipinski definition) is 1. The standard InChI is InChI=1S/C31H27N3O3S/c32-17-24-21-15-14-20(19-8-2-1-3-9-19)16-27(21)38-30(24)34-28(35)18-37-31(36)29-22-10-4-6-12-25(22)33-26-13-7-5-11-23(26)29/h1-4,6,8-10,12,20H,5,7,11,13-16,18H2,(H,34,35). The number of nitrogens with one attached hydrogen (secondary N) is 1. The molecule has 1 unspecified atom stereocenters. The van der Waals surface area contributed by atoms with Crippen molar-refractivity contribution in [1.82, 2.24) is 4.98 Å². The highest BCUT2D eigenvalue weighted by Gasteiger charge is 2.28. The molecule has 2 aromatic heterocycles. The van der Waals surface area contributed by atoms with Gasteiger partial charge in [-0.1, -0.05) is 48.5 Å². The number of hydrogen-bond acceptors (Lipinski definition) is 6. The van der Waals surface area contributed by atoms with Gasteiger partial charge in [0.25, 0.3) is 5.91 Å². The summed E-state index contributed by atoms with van der Waals surface area (Å²) in [7, 11) is 0. The van der Waals surface area contributed by atoms with E-state index in [1.165, 1.54) is 16.9 Å². The van der Waals surface area contributed by atoms with Crippen molar-refractivity contribution in [1.29, 1.82) is 5.26 Å². The molecule has 2 aliphatic carbocycles. The maximum absolute atomic E-state index is 13.3. The first-order valence-corrected chi connectivity index (χ1v) is 13.9. The molecule has 2 aromatic carbocycles. The number of rotatable bonds is 5. The Labute approximate surface area is 225 Å². The molecular weight excluding hydrogens is 494 g/mol. The first kappa shape index (κ1) is 24.3. The van der Waals surface area contributed by atoms with E-state index in [2.05, 4.69) is 35.7 Å². The number of amides is 1. The van der Waals surface area contributed by atoms with Crippen LogP contribution in [0.5, 0.6) is 0 Å². The number of carbonyl (C=O) groups excluding carboxylic acids is 2. The van der Waals surface area contributed by atoms with Crippen molar-refractivity contribution in [2.75, 3.05) is 11.9 Å². The van der Waals surface area contributed by atoms with Gasteiger partial charge in [-0.15, -0.1) is 11.3 Å². The lowest BCUT2D eigenvalue weighted by atomic mass is 9.83. The number of esters is 1. The monoisotopic (exact) mass is 521 g/mol. The van der Waals surface area contributed by atoms with Gasteiger partial charge in [-0.05, 0) is 73.6 Å². The SMILES string of the molecule is N#Cc1c(NC(=O)COC(=O)c2c3c(nc4ccccc24)CCCC3)sc2c1CCC(c1ccccc1)C2. The molecule has 6 nitrogen and oxygen atoms in total. The van der Waals surface area contributed by atoms with Gasteiger partial charge in [-0.3, -0.25) is 9.78 Å². The maximum Gasteiger partial charge on any atom is 0.339 e. The van der Waals surface area contributed by atoms with Crippen LogP contribution < -0.4 is 5.32 Å². The maximum atomic E-state index is 13.3. The number of para-hydroxylation sites is 1. The largest absolute Gasteiger partial charge is 0.452 e. The molecule has 0 saturated carbocycles. The second-order valence-corrected chi connectivity index (χ2v) is 11.0. The van der Waals surface area contributed by atoms with Gasteiger partial charge in [-0.2, -0.15) is 5.26 Å². The number of nitriles is 1. The average Bonchev–Trinajstić information content (AvgIpc) is 3.31. The van der Waals surface area contributed by atoms with Crippen LogP contribution in [0, 0.1) is 11.3 Å². The highest BCUT2D eigenvalue weighted by molar-refractivity contribution is 7.16. The smallest absolute Gasteiger partial charge is 0.339 e. The second kappa shape index (κ2) is 10.4. The number of aryl methyl sites for hydroxylation is 1. The molecule has 7 heteroatoms. The average molecular weight is 522 g/mol. The first-order valence-electron chi connectivity index (χ1n) is 13.1. The van der Waals surface area contributed by atoms with E-state index in [4.69, 9.17) is 9.72 Å². The van der Waals surface area contributed by atoms with E-state index in [9.17, 15) is 14.9 Å². The van der Waals surface area contributed by atoms with Crippen LogP contribution in [0.25, 0.3) is 10.9 Å². The van der Waals surface area contributed by atoms with Crippen molar-refractivity contribution in [3.63, 3.8) is 0 Å². The molecule has 0 saturated heterocycles. The summed E-state index contributed by atoms with van der Waals surface area (Å²) in [5.74, 6) is -0.548. The zero-order valence-electron chi connectivity index (χ0n) is 21.0. The Hall–Kier alpha value is -4.02. The van der Waals surface area contributed by atoms with E-state index < -0.39 is 18.5 Å². The lowest BCUT2D eigenvalue weighted by molar-refractivity contribution is -0.119. The van der Waals surface area contributed by atoms with E-state index >= 15 is 0 Å².